The van der Waals surface area contributed by atoms with Crippen molar-refractivity contribution < 1.29 is 47.6 Å². The summed E-state index contributed by atoms with van der Waals surface area (Å²) in [7, 11) is 0. The SMILES string of the molecule is [C-]#[N+]c1c(C)c(COCCOC(=O)NCC(=O)OCC)c(COCCOC(=O)NCC(=O)OCC)c(C)c1[N+]#[C-]. The Morgan fingerprint density at radius 2 is 1.02 bits per heavy atom. The molecule has 0 spiro atoms. The molecule has 1 aromatic rings. The fraction of sp³-hybridized carbons (Fsp3) is 0.538. The molecule has 0 aromatic heterocycles. The minimum atomic E-state index is -0.800. The Hall–Kier alpha value is -4.40. The van der Waals surface area contributed by atoms with Crippen LogP contribution >= 0.6 is 0 Å². The second-order valence-electron chi connectivity index (χ2n) is 7.82. The summed E-state index contributed by atoms with van der Waals surface area (Å²) in [5.41, 5.74) is 2.85. The summed E-state index contributed by atoms with van der Waals surface area (Å²) in [6.45, 7) is 21.5. The molecule has 40 heavy (non-hydrogen) atoms. The summed E-state index contributed by atoms with van der Waals surface area (Å²) in [5, 5.41) is 4.52. The van der Waals surface area contributed by atoms with Gasteiger partial charge in [0.05, 0.1) is 52.8 Å². The van der Waals surface area contributed by atoms with Crippen LogP contribution < -0.4 is 10.6 Å². The molecule has 0 saturated heterocycles. The van der Waals surface area contributed by atoms with E-state index in [1.54, 1.807) is 27.7 Å². The average molecular weight is 563 g/mol. The first kappa shape index (κ1) is 33.6. The van der Waals surface area contributed by atoms with E-state index in [0.29, 0.717) is 22.3 Å². The van der Waals surface area contributed by atoms with Crippen LogP contribution in [0.5, 0.6) is 0 Å². The molecule has 0 aliphatic carbocycles. The van der Waals surface area contributed by atoms with E-state index in [-0.39, 0.29) is 77.3 Å². The van der Waals surface area contributed by atoms with Gasteiger partial charge in [-0.05, 0) is 25.0 Å². The minimum Gasteiger partial charge on any atom is -0.465 e. The van der Waals surface area contributed by atoms with Gasteiger partial charge in [-0.15, -0.1) is 0 Å². The standard InChI is InChI=1S/C26H34N4O10/c1-7-37-21(31)13-29-25(33)39-11-9-35-15-19-17(3)23(27-5)24(28-6)18(4)20(19)16-36-10-12-40-26(34)30-14-22(32)38-8-2/h7-16H2,1-4H3,(H,29,33)(H,30,34). The van der Waals surface area contributed by atoms with Crippen molar-refractivity contribution in [3.05, 3.63) is 45.1 Å². The molecule has 14 heteroatoms. The maximum Gasteiger partial charge on any atom is 0.407 e. The Labute approximate surface area is 232 Å². The predicted octanol–water partition coefficient (Wildman–Crippen LogP) is 3.02. The molecular weight excluding hydrogens is 528 g/mol. The molecule has 0 aliphatic rings. The number of benzene rings is 1. The minimum absolute atomic E-state index is 0.0261. The van der Waals surface area contributed by atoms with E-state index < -0.39 is 24.1 Å². The van der Waals surface area contributed by atoms with E-state index >= 15 is 0 Å². The second kappa shape index (κ2) is 18.8. The second-order valence-corrected chi connectivity index (χ2v) is 7.82. The molecule has 2 amide bonds. The topological polar surface area (TPSA) is 156 Å². The van der Waals surface area contributed by atoms with Crippen molar-refractivity contribution in [3.63, 3.8) is 0 Å². The molecule has 1 rings (SSSR count). The number of rotatable bonds is 16. The van der Waals surface area contributed by atoms with E-state index in [9.17, 15) is 19.2 Å². The number of hydrogen-bond donors (Lipinski definition) is 2. The van der Waals surface area contributed by atoms with Gasteiger partial charge in [-0.25, -0.2) is 19.3 Å². The number of carbonyl (C=O) groups excluding carboxylic acids is 4. The van der Waals surface area contributed by atoms with E-state index in [2.05, 4.69) is 20.3 Å². The van der Waals surface area contributed by atoms with Gasteiger partial charge in [-0.3, -0.25) is 9.59 Å². The van der Waals surface area contributed by atoms with E-state index in [4.69, 9.17) is 41.6 Å². The molecule has 0 fully saturated rings. The number of nitrogens with one attached hydrogen (secondary N) is 2. The quantitative estimate of drug-likeness (QED) is 0.133. The fourth-order valence-electron chi connectivity index (χ4n) is 3.31. The Balaban J connectivity index is 2.69. The summed E-state index contributed by atoms with van der Waals surface area (Å²) >= 11 is 0. The summed E-state index contributed by atoms with van der Waals surface area (Å²) in [5.74, 6) is -1.17. The van der Waals surface area contributed by atoms with Crippen LogP contribution in [0.15, 0.2) is 0 Å². The van der Waals surface area contributed by atoms with Crippen molar-refractivity contribution in [1.82, 2.24) is 10.6 Å². The lowest BCUT2D eigenvalue weighted by atomic mass is 9.94. The van der Waals surface area contributed by atoms with E-state index in [1.165, 1.54) is 0 Å². The molecule has 1 aromatic carbocycles. The molecule has 0 bridgehead atoms. The van der Waals surface area contributed by atoms with Crippen molar-refractivity contribution in [1.29, 1.82) is 0 Å². The van der Waals surface area contributed by atoms with Crippen molar-refractivity contribution in [2.75, 3.05) is 52.7 Å². The summed E-state index contributed by atoms with van der Waals surface area (Å²) in [6, 6.07) is 0. The smallest absolute Gasteiger partial charge is 0.407 e. The first-order valence-electron chi connectivity index (χ1n) is 12.4. The van der Waals surface area contributed by atoms with Gasteiger partial charge in [0.1, 0.15) is 26.3 Å². The molecule has 0 atom stereocenters. The Kier molecular flexibility index (Phi) is 15.8. The third kappa shape index (κ3) is 11.6. The maximum absolute atomic E-state index is 11.7. The lowest BCUT2D eigenvalue weighted by Crippen LogP contribution is -2.31. The first-order chi connectivity index (χ1) is 19.2. The molecule has 0 heterocycles. The number of carbonyl (C=O) groups is 4. The van der Waals surface area contributed by atoms with E-state index in [1.807, 2.05) is 0 Å². The number of esters is 2. The van der Waals surface area contributed by atoms with Gasteiger partial charge >= 0.3 is 24.1 Å². The number of ether oxygens (including phenoxy) is 6. The summed E-state index contributed by atoms with van der Waals surface area (Å²) < 4.78 is 30.6. The van der Waals surface area contributed by atoms with Crippen LogP contribution in [0.1, 0.15) is 36.1 Å². The van der Waals surface area contributed by atoms with Gasteiger partial charge in [0.25, 0.3) is 0 Å². The van der Waals surface area contributed by atoms with Gasteiger partial charge in [-0.1, -0.05) is 25.0 Å². The van der Waals surface area contributed by atoms with Crippen LogP contribution in [0.25, 0.3) is 9.69 Å². The first-order valence-corrected chi connectivity index (χ1v) is 12.4. The van der Waals surface area contributed by atoms with Crippen molar-refractivity contribution in [2.45, 2.75) is 40.9 Å². The monoisotopic (exact) mass is 562 g/mol. The van der Waals surface area contributed by atoms with Crippen LogP contribution in [-0.4, -0.2) is 76.9 Å². The molecule has 0 radical (unpaired) electrons. The zero-order valence-electron chi connectivity index (χ0n) is 23.0. The molecule has 218 valence electrons. The molecule has 14 nitrogen and oxygen atoms in total. The van der Waals surface area contributed by atoms with Gasteiger partial charge < -0.3 is 39.1 Å². The van der Waals surface area contributed by atoms with Crippen LogP contribution in [0.2, 0.25) is 0 Å². The highest BCUT2D eigenvalue weighted by Gasteiger charge is 2.20. The molecule has 2 N–H and O–H groups in total. The number of alkyl carbamates (subject to hydrolysis) is 2. The molecular formula is C26H34N4O10. The predicted molar refractivity (Wildman–Crippen MR) is 140 cm³/mol. The third-order valence-electron chi connectivity index (χ3n) is 5.21. The van der Waals surface area contributed by atoms with E-state index in [0.717, 1.165) is 0 Å². The van der Waals surface area contributed by atoms with Crippen LogP contribution in [0, 0.1) is 27.0 Å². The highest BCUT2D eigenvalue weighted by atomic mass is 16.6. The van der Waals surface area contributed by atoms with Crippen LogP contribution in [0.3, 0.4) is 0 Å². The zero-order valence-corrected chi connectivity index (χ0v) is 23.0. The molecule has 0 unspecified atom stereocenters. The van der Waals surface area contributed by atoms with Crippen LogP contribution in [-0.2, 0) is 51.2 Å². The van der Waals surface area contributed by atoms with Crippen molar-refractivity contribution in [3.8, 4) is 0 Å². The molecule has 0 saturated carbocycles. The number of amides is 2. The lowest BCUT2D eigenvalue weighted by Gasteiger charge is -2.19. The van der Waals surface area contributed by atoms with Crippen LogP contribution in [0.4, 0.5) is 21.0 Å². The fourth-order valence-corrected chi connectivity index (χ4v) is 3.31. The zero-order chi connectivity index (χ0) is 29.9. The van der Waals surface area contributed by atoms with Crippen molar-refractivity contribution in [2.24, 2.45) is 0 Å². The number of hydrogen-bond acceptors (Lipinski definition) is 10. The van der Waals surface area contributed by atoms with Gasteiger partial charge in [0.2, 0.25) is 0 Å². The largest absolute Gasteiger partial charge is 0.465 e. The highest BCUT2D eigenvalue weighted by molar-refractivity contribution is 5.80. The van der Waals surface area contributed by atoms with Gasteiger partial charge in [0.15, 0.2) is 11.4 Å². The summed E-state index contributed by atoms with van der Waals surface area (Å²) in [6.07, 6.45) is -1.60. The average Bonchev–Trinajstić information content (AvgIpc) is 2.93. The number of nitrogens with zero attached hydrogens (tertiary/aromatic N) is 2. The van der Waals surface area contributed by atoms with Gasteiger partial charge in [0, 0.05) is 0 Å². The lowest BCUT2D eigenvalue weighted by molar-refractivity contribution is -0.142. The Morgan fingerprint density at radius 3 is 1.35 bits per heavy atom. The van der Waals surface area contributed by atoms with Gasteiger partial charge in [-0.2, -0.15) is 0 Å². The normalized spacial score (nSPS) is 10.1. The highest BCUT2D eigenvalue weighted by Crippen LogP contribution is 2.40. The third-order valence-corrected chi connectivity index (χ3v) is 5.21. The maximum atomic E-state index is 11.7. The Morgan fingerprint density at radius 1 is 0.650 bits per heavy atom. The van der Waals surface area contributed by atoms with Crippen molar-refractivity contribution >= 4 is 35.5 Å². The molecule has 0 aliphatic heterocycles. The Bertz CT molecular complexity index is 1040. The summed E-state index contributed by atoms with van der Waals surface area (Å²) in [4.78, 5) is 52.9.